The van der Waals surface area contributed by atoms with Crippen molar-refractivity contribution in [3.63, 3.8) is 0 Å². The maximum atomic E-state index is 13.6. The second-order valence-electron chi connectivity index (χ2n) is 3.63. The van der Waals surface area contributed by atoms with Crippen LogP contribution in [0.5, 0.6) is 0 Å². The lowest BCUT2D eigenvalue weighted by atomic mass is 10.00. The molecule has 1 aromatic heterocycles. The first kappa shape index (κ1) is 10.8. The summed E-state index contributed by atoms with van der Waals surface area (Å²) in [6.45, 7) is 1.51. The first-order valence-corrected chi connectivity index (χ1v) is 4.83. The zero-order valence-corrected chi connectivity index (χ0v) is 8.71. The topological polar surface area (TPSA) is 39.2 Å². The number of benzene rings is 1. The smallest absolute Gasteiger partial charge is 0.164 e. The Labute approximate surface area is 91.7 Å². The molecule has 84 valence electrons. The fourth-order valence-corrected chi connectivity index (χ4v) is 1.53. The molecule has 0 aliphatic heterocycles. The van der Waals surface area contributed by atoms with Crippen LogP contribution in [0.2, 0.25) is 0 Å². The van der Waals surface area contributed by atoms with E-state index in [1.165, 1.54) is 31.6 Å². The maximum Gasteiger partial charge on any atom is 0.164 e. The van der Waals surface area contributed by atoms with E-state index in [0.717, 1.165) is 0 Å². The van der Waals surface area contributed by atoms with E-state index in [2.05, 4.69) is 0 Å². The zero-order chi connectivity index (χ0) is 11.7. The summed E-state index contributed by atoms with van der Waals surface area (Å²) in [7, 11) is 0. The molecule has 0 bridgehead atoms. The van der Waals surface area contributed by atoms with Gasteiger partial charge in [0.2, 0.25) is 0 Å². The number of furan rings is 1. The molecule has 2 rings (SSSR count). The minimum atomic E-state index is -0.895. The van der Waals surface area contributed by atoms with Crippen molar-refractivity contribution in [1.29, 1.82) is 0 Å². The van der Waals surface area contributed by atoms with E-state index in [0.29, 0.717) is 5.56 Å². The Morgan fingerprint density at radius 3 is 2.56 bits per heavy atom. The third kappa shape index (κ3) is 1.72. The Morgan fingerprint density at radius 1 is 1.19 bits per heavy atom. The van der Waals surface area contributed by atoms with Crippen LogP contribution in [0, 0.1) is 18.6 Å². The summed E-state index contributed by atoms with van der Waals surface area (Å²) >= 11 is 0. The Balaban J connectivity index is 2.45. The molecule has 1 unspecified atom stereocenters. The first-order chi connectivity index (χ1) is 7.61. The Bertz CT molecular complexity index is 494. The Hall–Kier alpha value is -1.68. The minimum Gasteiger partial charge on any atom is -0.472 e. The number of nitrogens with two attached hydrogens (primary N) is 1. The van der Waals surface area contributed by atoms with E-state index >= 15 is 0 Å². The van der Waals surface area contributed by atoms with E-state index in [-0.39, 0.29) is 11.1 Å². The maximum absolute atomic E-state index is 13.6. The van der Waals surface area contributed by atoms with Gasteiger partial charge in [-0.25, -0.2) is 8.78 Å². The molecule has 2 nitrogen and oxygen atoms in total. The van der Waals surface area contributed by atoms with Crippen molar-refractivity contribution in [2.24, 2.45) is 5.73 Å². The van der Waals surface area contributed by atoms with Gasteiger partial charge in [0.25, 0.3) is 0 Å². The largest absolute Gasteiger partial charge is 0.472 e. The lowest BCUT2D eigenvalue weighted by Crippen LogP contribution is -2.14. The Kier molecular flexibility index (Phi) is 2.75. The van der Waals surface area contributed by atoms with E-state index in [4.69, 9.17) is 10.2 Å². The molecule has 2 N–H and O–H groups in total. The summed E-state index contributed by atoms with van der Waals surface area (Å²) < 4.78 is 31.8. The van der Waals surface area contributed by atoms with E-state index in [1.54, 1.807) is 6.07 Å². The number of halogens is 2. The summed E-state index contributed by atoms with van der Waals surface area (Å²) in [4.78, 5) is 0. The Morgan fingerprint density at radius 2 is 1.94 bits per heavy atom. The molecule has 0 fully saturated rings. The van der Waals surface area contributed by atoms with E-state index in [9.17, 15) is 8.78 Å². The molecule has 1 atom stereocenters. The van der Waals surface area contributed by atoms with Crippen molar-refractivity contribution in [3.05, 3.63) is 59.1 Å². The molecule has 1 heterocycles. The SMILES string of the molecule is Cc1ccc(C(N)c2ccoc2)c(F)c1F. The van der Waals surface area contributed by atoms with Crippen LogP contribution < -0.4 is 5.73 Å². The quantitative estimate of drug-likeness (QED) is 0.850. The molecule has 0 radical (unpaired) electrons. The number of hydrogen-bond donors (Lipinski definition) is 1. The molecule has 16 heavy (non-hydrogen) atoms. The minimum absolute atomic E-state index is 0.129. The van der Waals surface area contributed by atoms with Crippen LogP contribution in [0.15, 0.2) is 35.1 Å². The molecule has 0 aliphatic carbocycles. The van der Waals surface area contributed by atoms with Gasteiger partial charge in [-0.2, -0.15) is 0 Å². The van der Waals surface area contributed by atoms with Crippen LogP contribution in [-0.4, -0.2) is 0 Å². The summed E-state index contributed by atoms with van der Waals surface area (Å²) in [5.41, 5.74) is 6.82. The molecule has 0 spiro atoms. The second-order valence-corrected chi connectivity index (χ2v) is 3.63. The molecular formula is C12H11F2NO. The van der Waals surface area contributed by atoms with E-state index < -0.39 is 17.7 Å². The summed E-state index contributed by atoms with van der Waals surface area (Å²) in [5.74, 6) is -1.75. The second kappa shape index (κ2) is 4.06. The summed E-state index contributed by atoms with van der Waals surface area (Å²) in [6, 6.07) is 3.91. The fourth-order valence-electron chi connectivity index (χ4n) is 1.53. The highest BCUT2D eigenvalue weighted by Gasteiger charge is 2.18. The van der Waals surface area contributed by atoms with Crippen molar-refractivity contribution >= 4 is 0 Å². The molecular weight excluding hydrogens is 212 g/mol. The number of aryl methyl sites for hydroxylation is 1. The van der Waals surface area contributed by atoms with Gasteiger partial charge in [-0.05, 0) is 18.6 Å². The third-order valence-corrected chi connectivity index (χ3v) is 2.54. The standard InChI is InChI=1S/C12H11F2NO/c1-7-2-3-9(11(14)10(7)13)12(15)8-4-5-16-6-8/h2-6,12H,15H2,1H3. The molecule has 0 saturated carbocycles. The van der Waals surface area contributed by atoms with Gasteiger partial charge in [-0.15, -0.1) is 0 Å². The lowest BCUT2D eigenvalue weighted by molar-refractivity contribution is 0.488. The predicted octanol–water partition coefficient (Wildman–Crippen LogP) is 2.91. The van der Waals surface area contributed by atoms with Gasteiger partial charge in [-0.3, -0.25) is 0 Å². The van der Waals surface area contributed by atoms with Gasteiger partial charge >= 0.3 is 0 Å². The normalized spacial score (nSPS) is 12.8. The predicted molar refractivity (Wildman–Crippen MR) is 55.8 cm³/mol. The van der Waals surface area contributed by atoms with Crippen LogP contribution >= 0.6 is 0 Å². The van der Waals surface area contributed by atoms with Crippen LogP contribution in [0.3, 0.4) is 0 Å². The van der Waals surface area contributed by atoms with Gasteiger partial charge in [0.15, 0.2) is 11.6 Å². The molecule has 2 aromatic rings. The molecule has 1 aromatic carbocycles. The molecule has 4 heteroatoms. The summed E-state index contributed by atoms with van der Waals surface area (Å²) in [5, 5.41) is 0. The van der Waals surface area contributed by atoms with Gasteiger partial charge in [0.05, 0.1) is 18.6 Å². The van der Waals surface area contributed by atoms with Crippen molar-refractivity contribution in [3.8, 4) is 0 Å². The van der Waals surface area contributed by atoms with Crippen molar-refractivity contribution in [1.82, 2.24) is 0 Å². The first-order valence-electron chi connectivity index (χ1n) is 4.83. The van der Waals surface area contributed by atoms with Crippen molar-refractivity contribution < 1.29 is 13.2 Å². The monoisotopic (exact) mass is 223 g/mol. The van der Waals surface area contributed by atoms with Crippen molar-refractivity contribution in [2.45, 2.75) is 13.0 Å². The molecule has 0 aliphatic rings. The van der Waals surface area contributed by atoms with E-state index in [1.807, 2.05) is 0 Å². The van der Waals surface area contributed by atoms with Crippen LogP contribution in [0.25, 0.3) is 0 Å². The number of rotatable bonds is 2. The van der Waals surface area contributed by atoms with Gasteiger partial charge < -0.3 is 10.2 Å². The fraction of sp³-hybridized carbons (Fsp3) is 0.167. The average molecular weight is 223 g/mol. The zero-order valence-electron chi connectivity index (χ0n) is 8.71. The van der Waals surface area contributed by atoms with Crippen LogP contribution in [0.4, 0.5) is 8.78 Å². The van der Waals surface area contributed by atoms with Gasteiger partial charge in [-0.1, -0.05) is 12.1 Å². The summed E-state index contributed by atoms with van der Waals surface area (Å²) in [6.07, 6.45) is 2.86. The highest BCUT2D eigenvalue weighted by atomic mass is 19.2. The lowest BCUT2D eigenvalue weighted by Gasteiger charge is -2.12. The number of hydrogen-bond acceptors (Lipinski definition) is 2. The highest BCUT2D eigenvalue weighted by molar-refractivity contribution is 5.33. The van der Waals surface area contributed by atoms with Gasteiger partial charge in [0.1, 0.15) is 0 Å². The van der Waals surface area contributed by atoms with Crippen LogP contribution in [0.1, 0.15) is 22.7 Å². The highest BCUT2D eigenvalue weighted by Crippen LogP contribution is 2.25. The average Bonchev–Trinajstić information content (AvgIpc) is 2.79. The van der Waals surface area contributed by atoms with Gasteiger partial charge in [0, 0.05) is 11.1 Å². The van der Waals surface area contributed by atoms with Crippen LogP contribution in [-0.2, 0) is 0 Å². The molecule has 0 saturated heterocycles. The van der Waals surface area contributed by atoms with Crippen molar-refractivity contribution in [2.75, 3.05) is 0 Å². The molecule has 0 amide bonds. The third-order valence-electron chi connectivity index (χ3n) is 2.54.